The summed E-state index contributed by atoms with van der Waals surface area (Å²) in [7, 11) is -3.87. The molecule has 1 unspecified atom stereocenters. The molecule has 0 aliphatic rings. The number of benzene rings is 1. The molecule has 0 radical (unpaired) electrons. The highest BCUT2D eigenvalue weighted by atomic mass is 31.2. The monoisotopic (exact) mass is 354 g/mol. The van der Waals surface area contributed by atoms with Gasteiger partial charge in [-0.3, -0.25) is 14.8 Å². The van der Waals surface area contributed by atoms with Crippen LogP contribution >= 0.6 is 7.60 Å². The number of nitrogens with one attached hydrogen (secondary N) is 1. The predicted octanol–water partition coefficient (Wildman–Crippen LogP) is 4.00. The van der Waals surface area contributed by atoms with Crippen molar-refractivity contribution in [2.24, 2.45) is 5.73 Å². The van der Waals surface area contributed by atoms with Crippen LogP contribution in [0.3, 0.4) is 0 Å². The molecule has 0 fully saturated rings. The molecule has 0 aliphatic carbocycles. The van der Waals surface area contributed by atoms with Crippen LogP contribution < -0.4 is 5.73 Å². The molecule has 1 rings (SSSR count). The minimum Gasteiger partial charge on any atom is -0.386 e. The zero-order valence-electron chi connectivity index (χ0n) is 14.4. The Morgan fingerprint density at radius 3 is 2.04 bits per heavy atom. The van der Waals surface area contributed by atoms with Crippen LogP contribution in [-0.4, -0.2) is 30.5 Å². The molecular weight excluding hydrogens is 327 g/mol. The molecule has 0 aliphatic heterocycles. The van der Waals surface area contributed by atoms with Gasteiger partial charge in [0, 0.05) is 5.56 Å². The van der Waals surface area contributed by atoms with Crippen molar-refractivity contribution in [2.75, 3.05) is 13.2 Å². The lowest BCUT2D eigenvalue weighted by atomic mass is 10.1. The molecule has 0 saturated heterocycles. The number of unbranched alkanes of at least 4 members (excludes halogenated alkanes) is 2. The second-order valence-electron chi connectivity index (χ2n) is 5.50. The Morgan fingerprint density at radius 2 is 1.62 bits per heavy atom. The van der Waals surface area contributed by atoms with E-state index in [1.54, 1.807) is 30.3 Å². The SMILES string of the molecule is CCCCOP(=O)(OCCCC)C(C(=N)N)C(=O)c1ccccc1. The van der Waals surface area contributed by atoms with Crippen molar-refractivity contribution in [3.63, 3.8) is 0 Å². The van der Waals surface area contributed by atoms with E-state index in [9.17, 15) is 9.36 Å². The van der Waals surface area contributed by atoms with Crippen LogP contribution in [-0.2, 0) is 13.6 Å². The second-order valence-corrected chi connectivity index (χ2v) is 7.61. The number of hydrogen-bond acceptors (Lipinski definition) is 5. The fraction of sp³-hybridized carbons (Fsp3) is 0.529. The predicted molar refractivity (Wildman–Crippen MR) is 95.8 cm³/mol. The van der Waals surface area contributed by atoms with Gasteiger partial charge in [-0.15, -0.1) is 0 Å². The Hall–Kier alpha value is -1.49. The lowest BCUT2D eigenvalue weighted by Gasteiger charge is -2.25. The molecule has 1 aromatic carbocycles. The van der Waals surface area contributed by atoms with Gasteiger partial charge < -0.3 is 14.8 Å². The summed E-state index contributed by atoms with van der Waals surface area (Å²) in [6.07, 6.45) is 3.08. The zero-order chi connectivity index (χ0) is 18.0. The first-order chi connectivity index (χ1) is 11.5. The smallest absolute Gasteiger partial charge is 0.349 e. The van der Waals surface area contributed by atoms with Gasteiger partial charge >= 0.3 is 7.60 Å². The normalized spacial score (nSPS) is 12.8. The average molecular weight is 354 g/mol. The quantitative estimate of drug-likeness (QED) is 0.194. The Bertz CT molecular complexity index is 563. The van der Waals surface area contributed by atoms with E-state index in [-0.39, 0.29) is 13.2 Å². The van der Waals surface area contributed by atoms with Crippen molar-refractivity contribution < 1.29 is 18.4 Å². The van der Waals surface area contributed by atoms with Gasteiger partial charge in [-0.1, -0.05) is 57.0 Å². The third-order valence-corrected chi connectivity index (χ3v) is 5.69. The first-order valence-corrected chi connectivity index (χ1v) is 9.89. The second kappa shape index (κ2) is 10.4. The standard InChI is InChI=1S/C17H27N2O4P/c1-3-5-12-22-24(21,23-13-6-4-2)16(17(18)19)15(20)14-10-8-7-9-11-14/h7-11,16H,3-6,12-13H2,1-2H3,(H3,18,19). The maximum absolute atomic E-state index is 13.2. The molecule has 0 bridgehead atoms. The van der Waals surface area contributed by atoms with E-state index in [2.05, 4.69) is 0 Å². The van der Waals surface area contributed by atoms with Crippen LogP contribution in [0.15, 0.2) is 30.3 Å². The minimum absolute atomic E-state index is 0.200. The number of nitrogens with two attached hydrogens (primary N) is 1. The molecule has 0 heterocycles. The Labute approximate surface area is 143 Å². The van der Waals surface area contributed by atoms with Crippen LogP contribution in [0.2, 0.25) is 0 Å². The molecule has 0 spiro atoms. The molecule has 3 N–H and O–H groups in total. The first kappa shape index (κ1) is 20.6. The molecule has 24 heavy (non-hydrogen) atoms. The molecule has 0 saturated carbocycles. The number of carbonyl (C=O) groups is 1. The van der Waals surface area contributed by atoms with E-state index in [0.717, 1.165) is 12.8 Å². The highest BCUT2D eigenvalue weighted by molar-refractivity contribution is 7.57. The van der Waals surface area contributed by atoms with Gasteiger partial charge in [0.05, 0.1) is 13.2 Å². The van der Waals surface area contributed by atoms with Crippen molar-refractivity contribution in [1.82, 2.24) is 0 Å². The minimum atomic E-state index is -3.87. The summed E-state index contributed by atoms with van der Waals surface area (Å²) in [6.45, 7) is 4.35. The summed E-state index contributed by atoms with van der Waals surface area (Å²) in [4.78, 5) is 12.7. The Balaban J connectivity index is 3.09. The Kier molecular flexibility index (Phi) is 8.90. The van der Waals surface area contributed by atoms with Crippen molar-refractivity contribution >= 4 is 19.2 Å². The summed E-state index contributed by atoms with van der Waals surface area (Å²) < 4.78 is 24.2. The molecule has 6 nitrogen and oxygen atoms in total. The molecular formula is C17H27N2O4P. The Morgan fingerprint density at radius 1 is 1.12 bits per heavy atom. The van der Waals surface area contributed by atoms with Gasteiger partial charge in [-0.05, 0) is 12.8 Å². The highest BCUT2D eigenvalue weighted by Gasteiger charge is 2.44. The van der Waals surface area contributed by atoms with Gasteiger partial charge in [0.1, 0.15) is 5.84 Å². The molecule has 0 aromatic heterocycles. The maximum atomic E-state index is 13.2. The number of hydrogen-bond donors (Lipinski definition) is 2. The van der Waals surface area contributed by atoms with Crippen LogP contribution in [0.4, 0.5) is 0 Å². The van der Waals surface area contributed by atoms with Crippen molar-refractivity contribution in [3.8, 4) is 0 Å². The summed E-state index contributed by atoms with van der Waals surface area (Å²) >= 11 is 0. The summed E-state index contributed by atoms with van der Waals surface area (Å²) in [5.74, 6) is -1.01. The molecule has 7 heteroatoms. The van der Waals surface area contributed by atoms with Crippen molar-refractivity contribution in [3.05, 3.63) is 35.9 Å². The van der Waals surface area contributed by atoms with Crippen LogP contribution in [0.1, 0.15) is 49.9 Å². The molecule has 0 amide bonds. The van der Waals surface area contributed by atoms with Gasteiger partial charge in [0.2, 0.25) is 0 Å². The summed E-state index contributed by atoms with van der Waals surface area (Å²) in [6, 6.07) is 8.37. The number of Topliss-reactive ketones (excluding diaryl/α,β-unsaturated/α-hetero) is 1. The van der Waals surface area contributed by atoms with Crippen LogP contribution in [0, 0.1) is 5.41 Å². The summed E-state index contributed by atoms with van der Waals surface area (Å²) in [5.41, 5.74) is 4.52. The molecule has 134 valence electrons. The largest absolute Gasteiger partial charge is 0.386 e. The van der Waals surface area contributed by atoms with Gasteiger partial charge in [-0.2, -0.15) is 0 Å². The van der Waals surface area contributed by atoms with Crippen LogP contribution in [0.5, 0.6) is 0 Å². The third kappa shape index (κ3) is 5.86. The van der Waals surface area contributed by atoms with E-state index < -0.39 is 24.9 Å². The molecule has 1 atom stereocenters. The van der Waals surface area contributed by atoms with E-state index in [1.807, 2.05) is 13.8 Å². The average Bonchev–Trinajstić information content (AvgIpc) is 2.56. The van der Waals surface area contributed by atoms with Gasteiger partial charge in [0.15, 0.2) is 11.4 Å². The topological polar surface area (TPSA) is 102 Å². The summed E-state index contributed by atoms with van der Waals surface area (Å²) in [5, 5.41) is 7.77. The molecule has 1 aromatic rings. The van der Waals surface area contributed by atoms with Crippen LogP contribution in [0.25, 0.3) is 0 Å². The highest BCUT2D eigenvalue weighted by Crippen LogP contribution is 2.54. The maximum Gasteiger partial charge on any atom is 0.349 e. The number of rotatable bonds is 12. The zero-order valence-corrected chi connectivity index (χ0v) is 15.3. The van der Waals surface area contributed by atoms with E-state index in [0.29, 0.717) is 18.4 Å². The number of carbonyl (C=O) groups excluding carboxylic acids is 1. The van der Waals surface area contributed by atoms with Crippen molar-refractivity contribution in [2.45, 2.75) is 45.2 Å². The first-order valence-electron chi connectivity index (χ1n) is 8.28. The number of ketones is 1. The van der Waals surface area contributed by atoms with Gasteiger partial charge in [0.25, 0.3) is 0 Å². The fourth-order valence-electron chi connectivity index (χ4n) is 2.07. The van der Waals surface area contributed by atoms with E-state index in [4.69, 9.17) is 20.2 Å². The van der Waals surface area contributed by atoms with E-state index >= 15 is 0 Å². The third-order valence-electron chi connectivity index (χ3n) is 3.46. The fourth-order valence-corrected chi connectivity index (χ4v) is 3.99. The number of amidine groups is 1. The van der Waals surface area contributed by atoms with Crippen molar-refractivity contribution in [1.29, 1.82) is 5.41 Å². The van der Waals surface area contributed by atoms with Gasteiger partial charge in [-0.25, -0.2) is 0 Å². The lowest BCUT2D eigenvalue weighted by Crippen LogP contribution is -2.36. The lowest BCUT2D eigenvalue weighted by molar-refractivity contribution is 0.0985. The van der Waals surface area contributed by atoms with E-state index in [1.165, 1.54) is 0 Å².